The Morgan fingerprint density at radius 2 is 1.72 bits per heavy atom. The summed E-state index contributed by atoms with van der Waals surface area (Å²) in [6, 6.07) is 10.2. The number of carbonyl (C=O) groups is 1. The highest BCUT2D eigenvalue weighted by Gasteiger charge is 2.16. The van der Waals surface area contributed by atoms with Gasteiger partial charge >= 0.3 is 0 Å². The molecule has 0 radical (unpaired) electrons. The van der Waals surface area contributed by atoms with Crippen LogP contribution in [0.15, 0.2) is 42.6 Å². The normalized spacial score (nSPS) is 10.8. The molecule has 32 heavy (non-hydrogen) atoms. The zero-order chi connectivity index (χ0) is 23.1. The number of aliphatic hydroxyl groups excluding tert-OH is 2. The van der Waals surface area contributed by atoms with E-state index in [2.05, 4.69) is 20.3 Å². The van der Waals surface area contributed by atoms with Crippen molar-refractivity contribution in [3.63, 3.8) is 0 Å². The van der Waals surface area contributed by atoms with Crippen molar-refractivity contribution in [1.29, 1.82) is 0 Å². The van der Waals surface area contributed by atoms with E-state index in [1.54, 1.807) is 47.5 Å². The number of hydrogen-bond donors (Lipinski definition) is 3. The van der Waals surface area contributed by atoms with Crippen LogP contribution in [0, 0.1) is 6.92 Å². The quantitative estimate of drug-likeness (QED) is 0.382. The van der Waals surface area contributed by atoms with Gasteiger partial charge in [-0.25, -0.2) is 9.97 Å². The number of nitrogens with zero attached hydrogens (tertiary/aromatic N) is 4. The van der Waals surface area contributed by atoms with E-state index in [-0.39, 0.29) is 25.4 Å². The number of rotatable bonds is 10. The molecule has 0 aliphatic heterocycles. The van der Waals surface area contributed by atoms with E-state index in [1.165, 1.54) is 0 Å². The number of halogens is 2. The molecule has 10 heteroatoms. The first-order chi connectivity index (χ1) is 15.4. The topological polar surface area (TPSA) is 111 Å². The van der Waals surface area contributed by atoms with Gasteiger partial charge in [0.25, 0.3) is 0 Å². The number of ketones is 1. The van der Waals surface area contributed by atoms with Crippen molar-refractivity contribution < 1.29 is 15.0 Å². The van der Waals surface area contributed by atoms with Crippen LogP contribution in [0.1, 0.15) is 21.6 Å². The maximum absolute atomic E-state index is 12.7. The molecule has 0 bridgehead atoms. The predicted octanol–water partition coefficient (Wildman–Crippen LogP) is 3.45. The van der Waals surface area contributed by atoms with Gasteiger partial charge in [0.15, 0.2) is 5.78 Å². The zero-order valence-electron chi connectivity index (χ0n) is 17.4. The maximum Gasteiger partial charge on any atom is 0.227 e. The number of nitrogens with one attached hydrogen (secondary N) is 1. The number of aliphatic hydroxyl groups is 2. The van der Waals surface area contributed by atoms with Crippen molar-refractivity contribution in [3.8, 4) is 0 Å². The Morgan fingerprint density at radius 1 is 1.03 bits per heavy atom. The van der Waals surface area contributed by atoms with Gasteiger partial charge in [0.2, 0.25) is 5.95 Å². The minimum Gasteiger partial charge on any atom is -0.395 e. The van der Waals surface area contributed by atoms with Crippen molar-refractivity contribution >= 4 is 46.6 Å². The van der Waals surface area contributed by atoms with Crippen molar-refractivity contribution in [2.75, 3.05) is 36.5 Å². The molecule has 0 saturated heterocycles. The van der Waals surface area contributed by atoms with Crippen molar-refractivity contribution in [3.05, 3.63) is 69.5 Å². The summed E-state index contributed by atoms with van der Waals surface area (Å²) in [6.45, 7) is 2.23. The van der Waals surface area contributed by atoms with Crippen LogP contribution in [-0.2, 0) is 6.42 Å². The number of anilines is 3. The lowest BCUT2D eigenvalue weighted by atomic mass is 10.0. The molecule has 2 heterocycles. The summed E-state index contributed by atoms with van der Waals surface area (Å²) < 4.78 is 0. The SMILES string of the molecule is Cc1cc(Nc2cc(CC(=O)c3c(Cl)cccc3Cl)ccn2)nc(N(CCO)CCO)n1. The molecule has 0 aliphatic carbocycles. The Hall–Kier alpha value is -2.78. The van der Waals surface area contributed by atoms with Crippen LogP contribution >= 0.6 is 23.2 Å². The van der Waals surface area contributed by atoms with Crippen molar-refractivity contribution in [2.45, 2.75) is 13.3 Å². The molecule has 0 saturated carbocycles. The largest absolute Gasteiger partial charge is 0.395 e. The number of Topliss-reactive ketones (excluding diaryl/α,β-unsaturated/α-hetero) is 1. The molecule has 3 rings (SSSR count). The second-order valence-corrected chi connectivity index (χ2v) is 7.81. The van der Waals surface area contributed by atoms with Gasteiger partial charge in [0.1, 0.15) is 11.6 Å². The number of aryl methyl sites for hydroxylation is 1. The predicted molar refractivity (Wildman–Crippen MR) is 125 cm³/mol. The Kier molecular flexibility index (Phi) is 8.35. The van der Waals surface area contributed by atoms with Crippen LogP contribution < -0.4 is 10.2 Å². The summed E-state index contributed by atoms with van der Waals surface area (Å²) in [7, 11) is 0. The number of pyridine rings is 1. The first-order valence-corrected chi connectivity index (χ1v) is 10.7. The number of carbonyl (C=O) groups excluding carboxylic acids is 1. The summed E-state index contributed by atoms with van der Waals surface area (Å²) in [5.41, 5.74) is 1.74. The van der Waals surface area contributed by atoms with E-state index >= 15 is 0 Å². The minimum atomic E-state index is -0.193. The van der Waals surface area contributed by atoms with Crippen LogP contribution in [-0.4, -0.2) is 57.3 Å². The average Bonchev–Trinajstić information content (AvgIpc) is 2.73. The Balaban J connectivity index is 1.79. The molecular weight excluding hydrogens is 453 g/mol. The summed E-state index contributed by atoms with van der Waals surface area (Å²) in [5.74, 6) is 1.19. The lowest BCUT2D eigenvalue weighted by Gasteiger charge is -2.21. The first-order valence-electron chi connectivity index (χ1n) is 9.92. The number of hydrogen-bond acceptors (Lipinski definition) is 8. The molecule has 0 fully saturated rings. The summed E-state index contributed by atoms with van der Waals surface area (Å²) >= 11 is 12.3. The smallest absolute Gasteiger partial charge is 0.227 e. The van der Waals surface area contributed by atoms with Gasteiger partial charge in [-0.1, -0.05) is 29.3 Å². The average molecular weight is 476 g/mol. The van der Waals surface area contributed by atoms with Gasteiger partial charge in [0, 0.05) is 37.5 Å². The Morgan fingerprint density at radius 3 is 2.38 bits per heavy atom. The standard InChI is InChI=1S/C22H23Cl2N5O3/c1-14-11-20(28-22(26-14)29(7-9-30)8-10-31)27-19-13-15(5-6-25-19)12-18(32)21-16(23)3-2-4-17(21)24/h2-6,11,13,30-31H,7-10,12H2,1H3,(H,25,26,27,28). The lowest BCUT2D eigenvalue weighted by molar-refractivity contribution is 0.0993. The van der Waals surface area contributed by atoms with Gasteiger partial charge in [-0.2, -0.15) is 4.98 Å². The van der Waals surface area contributed by atoms with Gasteiger partial charge in [-0.15, -0.1) is 0 Å². The van der Waals surface area contributed by atoms with Crippen LogP contribution in [0.5, 0.6) is 0 Å². The fraction of sp³-hybridized carbons (Fsp3) is 0.273. The first kappa shape index (κ1) is 23.9. The molecule has 0 atom stereocenters. The summed E-state index contributed by atoms with van der Waals surface area (Å²) in [5, 5.41) is 22.3. The van der Waals surface area contributed by atoms with E-state index in [4.69, 9.17) is 23.2 Å². The fourth-order valence-corrected chi connectivity index (χ4v) is 3.74. The molecule has 0 spiro atoms. The molecule has 1 aromatic carbocycles. The lowest BCUT2D eigenvalue weighted by Crippen LogP contribution is -2.31. The van der Waals surface area contributed by atoms with E-state index in [9.17, 15) is 15.0 Å². The summed E-state index contributed by atoms with van der Waals surface area (Å²) in [4.78, 5) is 27.6. The number of benzene rings is 1. The highest BCUT2D eigenvalue weighted by atomic mass is 35.5. The second kappa shape index (κ2) is 11.2. The Bertz CT molecular complexity index is 1070. The molecular formula is C22H23Cl2N5O3. The maximum atomic E-state index is 12.7. The molecule has 3 N–H and O–H groups in total. The van der Waals surface area contributed by atoms with Gasteiger partial charge in [-0.3, -0.25) is 4.79 Å². The third-order valence-corrected chi connectivity index (χ3v) is 5.18. The highest BCUT2D eigenvalue weighted by Crippen LogP contribution is 2.26. The molecule has 168 valence electrons. The van der Waals surface area contributed by atoms with E-state index in [0.29, 0.717) is 52.0 Å². The van der Waals surface area contributed by atoms with E-state index < -0.39 is 0 Å². The van der Waals surface area contributed by atoms with Crippen LogP contribution in [0.4, 0.5) is 17.6 Å². The van der Waals surface area contributed by atoms with Crippen LogP contribution in [0.2, 0.25) is 10.0 Å². The monoisotopic (exact) mass is 475 g/mol. The third-order valence-electron chi connectivity index (χ3n) is 4.55. The fourth-order valence-electron chi connectivity index (χ4n) is 3.13. The highest BCUT2D eigenvalue weighted by molar-refractivity contribution is 6.39. The minimum absolute atomic E-state index is 0.0901. The molecule has 8 nitrogen and oxygen atoms in total. The summed E-state index contributed by atoms with van der Waals surface area (Å²) in [6.07, 6.45) is 1.70. The van der Waals surface area contributed by atoms with E-state index in [0.717, 1.165) is 5.56 Å². The van der Waals surface area contributed by atoms with E-state index in [1.807, 2.05) is 6.92 Å². The molecule has 3 aromatic rings. The van der Waals surface area contributed by atoms with Gasteiger partial charge < -0.3 is 20.4 Å². The molecule has 2 aromatic heterocycles. The van der Waals surface area contributed by atoms with Crippen molar-refractivity contribution in [2.24, 2.45) is 0 Å². The molecule has 0 amide bonds. The van der Waals surface area contributed by atoms with Crippen molar-refractivity contribution in [1.82, 2.24) is 15.0 Å². The van der Waals surface area contributed by atoms with Gasteiger partial charge in [0.05, 0.1) is 28.8 Å². The third kappa shape index (κ3) is 6.14. The molecule has 0 aliphatic rings. The second-order valence-electron chi connectivity index (χ2n) is 7.00. The Labute approximate surface area is 195 Å². The zero-order valence-corrected chi connectivity index (χ0v) is 18.9. The molecule has 0 unspecified atom stereocenters. The number of aromatic nitrogens is 3. The van der Waals surface area contributed by atoms with Gasteiger partial charge in [-0.05, 0) is 36.8 Å². The van der Waals surface area contributed by atoms with Crippen LogP contribution in [0.25, 0.3) is 0 Å². The van der Waals surface area contributed by atoms with Crippen LogP contribution in [0.3, 0.4) is 0 Å².